The molecule has 0 radical (unpaired) electrons. The summed E-state index contributed by atoms with van der Waals surface area (Å²) < 4.78 is 0. The first-order valence-corrected chi connectivity index (χ1v) is 6.20. The van der Waals surface area contributed by atoms with Gasteiger partial charge in [-0.05, 0) is 19.5 Å². The SMILES string of the molecule is CN1CCN(CCN2CCCNCC2)C1=O. The highest BCUT2D eigenvalue weighted by Crippen LogP contribution is 2.06. The van der Waals surface area contributed by atoms with Crippen molar-refractivity contribution in [2.75, 3.05) is 59.4 Å². The Balaban J connectivity index is 1.72. The van der Waals surface area contributed by atoms with Gasteiger partial charge in [-0.3, -0.25) is 0 Å². The van der Waals surface area contributed by atoms with E-state index in [1.165, 1.54) is 6.42 Å². The number of carbonyl (C=O) groups excluding carboxylic acids is 1. The lowest BCUT2D eigenvalue weighted by molar-refractivity contribution is 0.189. The fraction of sp³-hybridized carbons (Fsp3) is 0.909. The monoisotopic (exact) mass is 226 g/mol. The number of urea groups is 1. The lowest BCUT2D eigenvalue weighted by Crippen LogP contribution is -2.38. The van der Waals surface area contributed by atoms with Crippen LogP contribution in [0.1, 0.15) is 6.42 Å². The molecule has 2 rings (SSSR count). The fourth-order valence-electron chi connectivity index (χ4n) is 2.30. The van der Waals surface area contributed by atoms with Crippen LogP contribution in [0.5, 0.6) is 0 Å². The number of hydrogen-bond acceptors (Lipinski definition) is 3. The summed E-state index contributed by atoms with van der Waals surface area (Å²) in [5, 5.41) is 3.39. The second-order valence-electron chi connectivity index (χ2n) is 4.64. The van der Waals surface area contributed by atoms with Crippen LogP contribution < -0.4 is 5.32 Å². The molecule has 1 N–H and O–H groups in total. The molecule has 0 atom stereocenters. The molecule has 92 valence electrons. The van der Waals surface area contributed by atoms with Crippen LogP contribution in [0.2, 0.25) is 0 Å². The second kappa shape index (κ2) is 5.50. The summed E-state index contributed by atoms with van der Waals surface area (Å²) in [4.78, 5) is 17.9. The van der Waals surface area contributed by atoms with Crippen molar-refractivity contribution in [1.82, 2.24) is 20.0 Å². The number of carbonyl (C=O) groups is 1. The van der Waals surface area contributed by atoms with Gasteiger partial charge in [0.15, 0.2) is 0 Å². The van der Waals surface area contributed by atoms with Gasteiger partial charge in [-0.1, -0.05) is 0 Å². The van der Waals surface area contributed by atoms with Gasteiger partial charge < -0.3 is 20.0 Å². The minimum absolute atomic E-state index is 0.188. The van der Waals surface area contributed by atoms with Crippen LogP contribution in [0.3, 0.4) is 0 Å². The molecular weight excluding hydrogens is 204 g/mol. The zero-order chi connectivity index (χ0) is 11.4. The predicted molar refractivity (Wildman–Crippen MR) is 63.5 cm³/mol. The highest BCUT2D eigenvalue weighted by molar-refractivity contribution is 5.76. The maximum Gasteiger partial charge on any atom is 0.319 e. The third kappa shape index (κ3) is 2.86. The Kier molecular flexibility index (Phi) is 4.01. The number of hydrogen-bond donors (Lipinski definition) is 1. The van der Waals surface area contributed by atoms with E-state index in [-0.39, 0.29) is 6.03 Å². The van der Waals surface area contributed by atoms with Gasteiger partial charge in [0.05, 0.1) is 0 Å². The second-order valence-corrected chi connectivity index (χ2v) is 4.64. The first kappa shape index (κ1) is 11.7. The molecule has 0 aromatic heterocycles. The number of rotatable bonds is 3. The molecule has 2 fully saturated rings. The van der Waals surface area contributed by atoms with Gasteiger partial charge in [0.2, 0.25) is 0 Å². The molecule has 2 aliphatic heterocycles. The molecule has 2 saturated heterocycles. The Morgan fingerprint density at radius 3 is 2.75 bits per heavy atom. The van der Waals surface area contributed by atoms with Crippen LogP contribution in [-0.2, 0) is 0 Å². The topological polar surface area (TPSA) is 38.8 Å². The predicted octanol–water partition coefficient (Wildman–Crippen LogP) is -0.351. The average Bonchev–Trinajstić information content (AvgIpc) is 2.53. The first-order valence-electron chi connectivity index (χ1n) is 6.20. The van der Waals surface area contributed by atoms with E-state index in [9.17, 15) is 4.79 Å². The summed E-state index contributed by atoms with van der Waals surface area (Å²) in [6.07, 6.45) is 1.22. The summed E-state index contributed by atoms with van der Waals surface area (Å²) in [5.74, 6) is 0. The maximum absolute atomic E-state index is 11.7. The molecule has 5 nitrogen and oxygen atoms in total. The summed E-state index contributed by atoms with van der Waals surface area (Å²) >= 11 is 0. The minimum atomic E-state index is 0.188. The highest BCUT2D eigenvalue weighted by Gasteiger charge is 2.25. The van der Waals surface area contributed by atoms with Gasteiger partial charge in [0.25, 0.3) is 0 Å². The standard InChI is InChI=1S/C11H22N4O/c1-13-7-9-15(11(13)16)10-8-14-5-2-3-12-4-6-14/h12H,2-10H2,1H3. The zero-order valence-electron chi connectivity index (χ0n) is 10.1. The van der Waals surface area contributed by atoms with Crippen molar-refractivity contribution in [3.63, 3.8) is 0 Å². The summed E-state index contributed by atoms with van der Waals surface area (Å²) in [6.45, 7) is 8.13. The van der Waals surface area contributed by atoms with Crippen LogP contribution in [0.4, 0.5) is 4.79 Å². The summed E-state index contributed by atoms with van der Waals surface area (Å²) in [6, 6.07) is 0.188. The molecule has 0 unspecified atom stereocenters. The van der Waals surface area contributed by atoms with E-state index in [1.807, 2.05) is 11.9 Å². The maximum atomic E-state index is 11.7. The van der Waals surface area contributed by atoms with Crippen LogP contribution in [0, 0.1) is 0 Å². The molecule has 0 aromatic rings. The van der Waals surface area contributed by atoms with E-state index < -0.39 is 0 Å². The van der Waals surface area contributed by atoms with E-state index in [2.05, 4.69) is 10.2 Å². The number of likely N-dealkylation sites (N-methyl/N-ethyl adjacent to an activating group) is 1. The first-order chi connectivity index (χ1) is 7.77. The van der Waals surface area contributed by atoms with E-state index in [0.29, 0.717) is 0 Å². The molecule has 0 spiro atoms. The van der Waals surface area contributed by atoms with Crippen molar-refractivity contribution in [2.45, 2.75) is 6.42 Å². The molecule has 0 saturated carbocycles. The fourth-order valence-corrected chi connectivity index (χ4v) is 2.30. The van der Waals surface area contributed by atoms with Crippen molar-refractivity contribution in [3.05, 3.63) is 0 Å². The summed E-state index contributed by atoms with van der Waals surface area (Å²) in [5.41, 5.74) is 0. The Morgan fingerprint density at radius 1 is 1.12 bits per heavy atom. The molecule has 0 aliphatic carbocycles. The molecule has 2 amide bonds. The van der Waals surface area contributed by atoms with Crippen molar-refractivity contribution < 1.29 is 4.79 Å². The number of amides is 2. The Morgan fingerprint density at radius 2 is 2.00 bits per heavy atom. The van der Waals surface area contributed by atoms with Crippen molar-refractivity contribution >= 4 is 6.03 Å². The Labute approximate surface area is 97.4 Å². The van der Waals surface area contributed by atoms with Crippen LogP contribution in [-0.4, -0.2) is 80.1 Å². The lowest BCUT2D eigenvalue weighted by Gasteiger charge is -2.23. The van der Waals surface area contributed by atoms with Gasteiger partial charge >= 0.3 is 6.03 Å². The molecule has 5 heteroatoms. The van der Waals surface area contributed by atoms with Crippen LogP contribution >= 0.6 is 0 Å². The quantitative estimate of drug-likeness (QED) is 0.715. The smallest absolute Gasteiger partial charge is 0.319 e. The van der Waals surface area contributed by atoms with E-state index in [0.717, 1.165) is 52.4 Å². The van der Waals surface area contributed by atoms with Gasteiger partial charge in [0, 0.05) is 46.3 Å². The minimum Gasteiger partial charge on any atom is -0.326 e. The molecule has 2 heterocycles. The largest absolute Gasteiger partial charge is 0.326 e. The molecule has 0 bridgehead atoms. The van der Waals surface area contributed by atoms with E-state index in [1.54, 1.807) is 4.90 Å². The van der Waals surface area contributed by atoms with Crippen LogP contribution in [0.25, 0.3) is 0 Å². The van der Waals surface area contributed by atoms with Crippen molar-refractivity contribution in [3.8, 4) is 0 Å². The number of nitrogens with one attached hydrogen (secondary N) is 1. The third-order valence-corrected chi connectivity index (χ3v) is 3.42. The number of nitrogens with zero attached hydrogens (tertiary/aromatic N) is 3. The van der Waals surface area contributed by atoms with Gasteiger partial charge in [-0.25, -0.2) is 4.79 Å². The molecule has 2 aliphatic rings. The van der Waals surface area contributed by atoms with Crippen molar-refractivity contribution in [1.29, 1.82) is 0 Å². The zero-order valence-corrected chi connectivity index (χ0v) is 10.1. The van der Waals surface area contributed by atoms with E-state index >= 15 is 0 Å². The van der Waals surface area contributed by atoms with Crippen molar-refractivity contribution in [2.24, 2.45) is 0 Å². The highest BCUT2D eigenvalue weighted by atomic mass is 16.2. The lowest BCUT2D eigenvalue weighted by atomic mass is 10.4. The summed E-state index contributed by atoms with van der Waals surface area (Å²) in [7, 11) is 1.87. The van der Waals surface area contributed by atoms with Gasteiger partial charge in [-0.15, -0.1) is 0 Å². The molecular formula is C11H22N4O. The molecule has 0 aromatic carbocycles. The Bertz CT molecular complexity index is 238. The van der Waals surface area contributed by atoms with E-state index in [4.69, 9.17) is 0 Å². The average molecular weight is 226 g/mol. The van der Waals surface area contributed by atoms with Gasteiger partial charge in [-0.2, -0.15) is 0 Å². The van der Waals surface area contributed by atoms with Crippen LogP contribution in [0.15, 0.2) is 0 Å². The van der Waals surface area contributed by atoms with Gasteiger partial charge in [0.1, 0.15) is 0 Å². The normalized spacial score (nSPS) is 23.9. The third-order valence-electron chi connectivity index (χ3n) is 3.42. The molecule has 16 heavy (non-hydrogen) atoms. The Hall–Kier alpha value is -0.810.